The standard InChI is InChI=1S/C42H48O4S/c1-29(43)47-38-28-30-27-34(44)19-20-35(30)36-21-24-40(2)37(39(36)38)22-25-41(40,45)23-12-26-46-42(31-13-6-3-7-14-31,32-15-8-4-9-16-32)33-17-10-5-11-18-33/h3-11,13-18,27,35-39,45H,12,19-26,28H2,1-2H3/t35-,36+,37-,38+,39+,40-,41-/m0/s1. The minimum Gasteiger partial charge on any atom is -0.389 e. The summed E-state index contributed by atoms with van der Waals surface area (Å²) in [4.78, 5) is 24.8. The number of ketones is 1. The van der Waals surface area contributed by atoms with Crippen molar-refractivity contribution in [3.8, 4) is 0 Å². The summed E-state index contributed by atoms with van der Waals surface area (Å²) in [7, 11) is 0. The van der Waals surface area contributed by atoms with Crippen molar-refractivity contribution in [1.82, 2.24) is 0 Å². The highest BCUT2D eigenvalue weighted by molar-refractivity contribution is 8.14. The minimum absolute atomic E-state index is 0.159. The third-order valence-electron chi connectivity index (χ3n) is 12.5. The number of fused-ring (bicyclic) bond motifs is 5. The molecule has 0 bridgehead atoms. The van der Waals surface area contributed by atoms with Crippen molar-refractivity contribution in [3.05, 3.63) is 119 Å². The molecular weight excluding hydrogens is 601 g/mol. The average molecular weight is 649 g/mol. The Kier molecular flexibility index (Phi) is 9.10. The van der Waals surface area contributed by atoms with Crippen molar-refractivity contribution in [2.75, 3.05) is 6.61 Å². The van der Waals surface area contributed by atoms with Crippen LogP contribution in [0.3, 0.4) is 0 Å². The van der Waals surface area contributed by atoms with Crippen molar-refractivity contribution in [2.45, 2.75) is 88.1 Å². The second-order valence-electron chi connectivity index (χ2n) is 14.8. The molecule has 0 aromatic heterocycles. The smallest absolute Gasteiger partial charge is 0.186 e. The molecule has 4 aliphatic carbocycles. The van der Waals surface area contributed by atoms with Crippen molar-refractivity contribution in [2.24, 2.45) is 29.1 Å². The van der Waals surface area contributed by atoms with Crippen LogP contribution in [0.15, 0.2) is 103 Å². The number of carbonyl (C=O) groups is 2. The highest BCUT2D eigenvalue weighted by Crippen LogP contribution is 2.67. The van der Waals surface area contributed by atoms with Gasteiger partial charge in [0.2, 0.25) is 0 Å². The molecule has 0 radical (unpaired) electrons. The van der Waals surface area contributed by atoms with Crippen LogP contribution < -0.4 is 0 Å². The van der Waals surface area contributed by atoms with E-state index in [1.807, 2.05) is 24.3 Å². The molecule has 0 amide bonds. The van der Waals surface area contributed by atoms with E-state index >= 15 is 0 Å². The van der Waals surface area contributed by atoms with E-state index in [9.17, 15) is 14.7 Å². The van der Waals surface area contributed by atoms with E-state index in [1.165, 1.54) is 17.3 Å². The predicted molar refractivity (Wildman–Crippen MR) is 189 cm³/mol. The number of ether oxygens (including phenoxy) is 1. The molecule has 0 saturated heterocycles. The summed E-state index contributed by atoms with van der Waals surface area (Å²) >= 11 is 1.49. The molecule has 4 nitrogen and oxygen atoms in total. The second-order valence-corrected chi connectivity index (χ2v) is 16.2. The number of thioether (sulfide) groups is 1. The Morgan fingerprint density at radius 2 is 1.49 bits per heavy atom. The molecule has 4 aliphatic rings. The third-order valence-corrected chi connectivity index (χ3v) is 13.6. The lowest BCUT2D eigenvalue weighted by Gasteiger charge is -2.57. The molecule has 0 aliphatic heterocycles. The van der Waals surface area contributed by atoms with E-state index < -0.39 is 11.2 Å². The Bertz CT molecular complexity index is 1510. The third kappa shape index (κ3) is 5.77. The maximum absolute atomic E-state index is 12.6. The van der Waals surface area contributed by atoms with Crippen LogP contribution in [0, 0.1) is 29.1 Å². The van der Waals surface area contributed by atoms with E-state index in [4.69, 9.17) is 4.74 Å². The van der Waals surface area contributed by atoms with Crippen LogP contribution in [0.1, 0.15) is 88.3 Å². The number of hydrogen-bond donors (Lipinski definition) is 1. The fourth-order valence-corrected chi connectivity index (χ4v) is 11.6. The van der Waals surface area contributed by atoms with Gasteiger partial charge in [-0.3, -0.25) is 9.59 Å². The van der Waals surface area contributed by atoms with E-state index in [1.54, 1.807) is 6.92 Å². The van der Waals surface area contributed by atoms with Crippen LogP contribution in [0.5, 0.6) is 0 Å². The van der Waals surface area contributed by atoms with Gasteiger partial charge in [-0.1, -0.05) is 115 Å². The first-order chi connectivity index (χ1) is 22.7. The van der Waals surface area contributed by atoms with Crippen molar-refractivity contribution >= 4 is 22.7 Å². The molecule has 3 saturated carbocycles. The Morgan fingerprint density at radius 3 is 2.06 bits per heavy atom. The first-order valence-electron chi connectivity index (χ1n) is 17.7. The maximum Gasteiger partial charge on any atom is 0.186 e. The van der Waals surface area contributed by atoms with E-state index in [0.29, 0.717) is 43.1 Å². The number of rotatable bonds is 9. The first-order valence-corrected chi connectivity index (χ1v) is 18.6. The fraction of sp³-hybridized carbons (Fsp3) is 0.476. The largest absolute Gasteiger partial charge is 0.389 e. The molecule has 0 unspecified atom stereocenters. The summed E-state index contributed by atoms with van der Waals surface area (Å²) < 4.78 is 7.09. The lowest BCUT2D eigenvalue weighted by molar-refractivity contribution is -0.125. The average Bonchev–Trinajstić information content (AvgIpc) is 3.35. The van der Waals surface area contributed by atoms with Gasteiger partial charge >= 0.3 is 0 Å². The molecule has 3 aromatic carbocycles. The molecule has 0 spiro atoms. The van der Waals surface area contributed by atoms with Crippen molar-refractivity contribution in [3.63, 3.8) is 0 Å². The van der Waals surface area contributed by atoms with Gasteiger partial charge in [0.25, 0.3) is 0 Å². The van der Waals surface area contributed by atoms with Crippen molar-refractivity contribution in [1.29, 1.82) is 0 Å². The molecule has 3 aromatic rings. The van der Waals surface area contributed by atoms with Gasteiger partial charge in [0, 0.05) is 25.2 Å². The lowest BCUT2D eigenvalue weighted by Crippen LogP contribution is -2.55. The summed E-state index contributed by atoms with van der Waals surface area (Å²) in [5.74, 6) is 1.96. The van der Waals surface area contributed by atoms with Gasteiger partial charge in [0.1, 0.15) is 5.60 Å². The summed E-state index contributed by atoms with van der Waals surface area (Å²) in [6, 6.07) is 31.5. The first kappa shape index (κ1) is 32.6. The van der Waals surface area contributed by atoms with Crippen LogP contribution in [0.2, 0.25) is 0 Å². The molecule has 3 fully saturated rings. The summed E-state index contributed by atoms with van der Waals surface area (Å²) in [5.41, 5.74) is 2.81. The Morgan fingerprint density at radius 1 is 0.894 bits per heavy atom. The molecule has 246 valence electrons. The van der Waals surface area contributed by atoms with E-state index in [-0.39, 0.29) is 21.6 Å². The highest BCUT2D eigenvalue weighted by Gasteiger charge is 2.63. The van der Waals surface area contributed by atoms with Gasteiger partial charge in [-0.25, -0.2) is 0 Å². The lowest BCUT2D eigenvalue weighted by atomic mass is 9.50. The normalized spacial score (nSPS) is 31.8. The Labute approximate surface area is 284 Å². The molecule has 7 rings (SSSR count). The maximum atomic E-state index is 12.6. The minimum atomic E-state index is -0.773. The molecule has 5 heteroatoms. The Hall–Kier alpha value is -2.99. The molecule has 47 heavy (non-hydrogen) atoms. The van der Waals surface area contributed by atoms with Crippen LogP contribution >= 0.6 is 11.8 Å². The van der Waals surface area contributed by atoms with Crippen LogP contribution in [0.4, 0.5) is 0 Å². The Balaban J connectivity index is 1.13. The number of benzene rings is 3. The predicted octanol–water partition coefficient (Wildman–Crippen LogP) is 8.91. The SMILES string of the molecule is CC(=O)S[C@@H]1CC2=CC(=O)CC[C@@H]2[C@H]2CC[C@@]3(C)[C@@H](CC[C@@]3(O)CCCOC(c3ccccc3)(c3ccccc3)c3ccccc3)[C@@H]21. The second kappa shape index (κ2) is 13.1. The van der Waals surface area contributed by atoms with Crippen LogP contribution in [-0.4, -0.2) is 33.5 Å². The summed E-state index contributed by atoms with van der Waals surface area (Å²) in [6.45, 7) is 4.54. The van der Waals surface area contributed by atoms with Gasteiger partial charge in [-0.15, -0.1) is 0 Å². The van der Waals surface area contributed by atoms with Crippen LogP contribution in [-0.2, 0) is 19.9 Å². The molecule has 1 N–H and O–H groups in total. The zero-order valence-electron chi connectivity index (χ0n) is 27.8. The van der Waals surface area contributed by atoms with Gasteiger partial charge < -0.3 is 9.84 Å². The summed E-state index contributed by atoms with van der Waals surface area (Å²) in [6.07, 6.45) is 9.62. The number of carbonyl (C=O) groups excluding carboxylic acids is 2. The van der Waals surface area contributed by atoms with E-state index in [2.05, 4.69) is 79.7 Å². The molecule has 7 atom stereocenters. The molecule has 0 heterocycles. The van der Waals surface area contributed by atoms with Gasteiger partial charge in [0.05, 0.1) is 5.60 Å². The summed E-state index contributed by atoms with van der Waals surface area (Å²) in [5, 5.41) is 12.9. The quantitative estimate of drug-likeness (QED) is 0.186. The highest BCUT2D eigenvalue weighted by atomic mass is 32.2. The zero-order chi connectivity index (χ0) is 32.6. The van der Waals surface area contributed by atoms with Crippen molar-refractivity contribution < 1.29 is 19.4 Å². The molecular formula is C42H48O4S. The zero-order valence-corrected chi connectivity index (χ0v) is 28.6. The van der Waals surface area contributed by atoms with Gasteiger partial charge in [-0.2, -0.15) is 0 Å². The number of allylic oxidation sites excluding steroid dienone is 1. The van der Waals surface area contributed by atoms with E-state index in [0.717, 1.165) is 61.6 Å². The number of hydrogen-bond acceptors (Lipinski definition) is 5. The van der Waals surface area contributed by atoms with Gasteiger partial charge in [0.15, 0.2) is 10.9 Å². The fourth-order valence-electron chi connectivity index (χ4n) is 10.4. The van der Waals surface area contributed by atoms with Gasteiger partial charge in [-0.05, 0) is 103 Å². The number of aliphatic hydroxyl groups is 1. The monoisotopic (exact) mass is 648 g/mol. The topological polar surface area (TPSA) is 63.6 Å². The van der Waals surface area contributed by atoms with Crippen LogP contribution in [0.25, 0.3) is 0 Å².